The van der Waals surface area contributed by atoms with E-state index in [0.717, 1.165) is 18.3 Å². The van der Waals surface area contributed by atoms with E-state index >= 15 is 0 Å². The molecule has 2 rings (SSSR count). The molecule has 2 aromatic rings. The Labute approximate surface area is 140 Å². The van der Waals surface area contributed by atoms with Gasteiger partial charge in [0.1, 0.15) is 18.3 Å². The van der Waals surface area contributed by atoms with Crippen molar-refractivity contribution in [2.75, 3.05) is 28.4 Å². The van der Waals surface area contributed by atoms with Crippen LogP contribution in [0.4, 0.5) is 0 Å². The number of rotatable bonds is 6. The lowest BCUT2D eigenvalue weighted by atomic mass is 10.2. The van der Waals surface area contributed by atoms with Gasteiger partial charge in [-0.05, 0) is 36.4 Å². The SMILES string of the molecule is COc1cc(C=O)cc(OC)c1OC.COc1ccc(C=O)cc1. The zero-order valence-corrected chi connectivity index (χ0v) is 14.1. The molecule has 0 spiro atoms. The second-order valence-corrected chi connectivity index (χ2v) is 4.47. The van der Waals surface area contributed by atoms with Gasteiger partial charge in [-0.15, -0.1) is 0 Å². The average molecular weight is 332 g/mol. The molecular weight excluding hydrogens is 312 g/mol. The first-order valence-corrected chi connectivity index (χ1v) is 6.97. The van der Waals surface area contributed by atoms with Gasteiger partial charge in [0.25, 0.3) is 0 Å². The van der Waals surface area contributed by atoms with Crippen LogP contribution in [0.25, 0.3) is 0 Å². The molecule has 0 unspecified atom stereocenters. The molecule has 0 fully saturated rings. The standard InChI is InChI=1S/C10H12O4.C8H8O2/c1-12-8-4-7(6-11)5-9(13-2)10(8)14-3;1-10-8-4-2-7(6-9)3-5-8/h4-6H,1-3H3;2-6H,1H3. The summed E-state index contributed by atoms with van der Waals surface area (Å²) < 4.78 is 20.1. The molecule has 0 atom stereocenters. The minimum absolute atomic E-state index is 0.481. The van der Waals surface area contributed by atoms with E-state index in [4.69, 9.17) is 18.9 Å². The third kappa shape index (κ3) is 5.01. The van der Waals surface area contributed by atoms with Gasteiger partial charge in [0.05, 0.1) is 28.4 Å². The summed E-state index contributed by atoms with van der Waals surface area (Å²) in [5, 5.41) is 0. The third-order valence-electron chi connectivity index (χ3n) is 3.08. The van der Waals surface area contributed by atoms with E-state index in [9.17, 15) is 9.59 Å². The van der Waals surface area contributed by atoms with E-state index in [1.165, 1.54) is 21.3 Å². The smallest absolute Gasteiger partial charge is 0.203 e. The summed E-state index contributed by atoms with van der Waals surface area (Å²) in [5.41, 5.74) is 1.15. The summed E-state index contributed by atoms with van der Waals surface area (Å²) in [5.74, 6) is 2.22. The number of carbonyl (C=O) groups excluding carboxylic acids is 2. The monoisotopic (exact) mass is 332 g/mol. The molecule has 0 saturated carbocycles. The minimum Gasteiger partial charge on any atom is -0.497 e. The normalized spacial score (nSPS) is 9.17. The number of benzene rings is 2. The quantitative estimate of drug-likeness (QED) is 0.757. The molecule has 6 heteroatoms. The second-order valence-electron chi connectivity index (χ2n) is 4.47. The van der Waals surface area contributed by atoms with Gasteiger partial charge < -0.3 is 18.9 Å². The fourth-order valence-electron chi connectivity index (χ4n) is 1.85. The largest absolute Gasteiger partial charge is 0.497 e. The second kappa shape index (κ2) is 9.89. The average Bonchev–Trinajstić information content (AvgIpc) is 2.67. The third-order valence-corrected chi connectivity index (χ3v) is 3.08. The maximum Gasteiger partial charge on any atom is 0.203 e. The summed E-state index contributed by atoms with van der Waals surface area (Å²) in [6.07, 6.45) is 1.53. The van der Waals surface area contributed by atoms with E-state index in [0.29, 0.717) is 28.4 Å². The van der Waals surface area contributed by atoms with Crippen LogP contribution in [0, 0.1) is 0 Å². The fourth-order valence-corrected chi connectivity index (χ4v) is 1.85. The highest BCUT2D eigenvalue weighted by Gasteiger charge is 2.12. The Balaban J connectivity index is 0.000000254. The van der Waals surface area contributed by atoms with Crippen molar-refractivity contribution in [3.63, 3.8) is 0 Å². The van der Waals surface area contributed by atoms with Gasteiger partial charge in [-0.25, -0.2) is 0 Å². The van der Waals surface area contributed by atoms with Gasteiger partial charge in [-0.2, -0.15) is 0 Å². The summed E-state index contributed by atoms with van der Waals surface area (Å²) in [6, 6.07) is 10.1. The number of methoxy groups -OCH3 is 4. The topological polar surface area (TPSA) is 71.1 Å². The Kier molecular flexibility index (Phi) is 7.84. The highest BCUT2D eigenvalue weighted by molar-refractivity contribution is 5.78. The molecule has 0 aliphatic rings. The van der Waals surface area contributed by atoms with Crippen molar-refractivity contribution in [1.82, 2.24) is 0 Å². The first kappa shape index (κ1) is 19.0. The molecule has 0 aromatic heterocycles. The van der Waals surface area contributed by atoms with Gasteiger partial charge in [0.15, 0.2) is 11.5 Å². The van der Waals surface area contributed by atoms with Crippen LogP contribution in [0.3, 0.4) is 0 Å². The molecule has 0 amide bonds. The Morgan fingerprint density at radius 1 is 0.667 bits per heavy atom. The predicted molar refractivity (Wildman–Crippen MR) is 89.9 cm³/mol. The molecular formula is C18H20O6. The first-order valence-electron chi connectivity index (χ1n) is 6.97. The van der Waals surface area contributed by atoms with Crippen molar-refractivity contribution in [2.24, 2.45) is 0 Å². The van der Waals surface area contributed by atoms with E-state index in [2.05, 4.69) is 0 Å². The molecule has 0 radical (unpaired) electrons. The lowest BCUT2D eigenvalue weighted by molar-refractivity contribution is 0.111. The molecule has 0 saturated heterocycles. The van der Waals surface area contributed by atoms with E-state index < -0.39 is 0 Å². The summed E-state index contributed by atoms with van der Waals surface area (Å²) in [6.45, 7) is 0. The Bertz CT molecular complexity index is 639. The Morgan fingerprint density at radius 2 is 1.17 bits per heavy atom. The number of carbonyl (C=O) groups is 2. The van der Waals surface area contributed by atoms with Crippen LogP contribution < -0.4 is 18.9 Å². The zero-order chi connectivity index (χ0) is 17.9. The Hall–Kier alpha value is -3.02. The van der Waals surface area contributed by atoms with Gasteiger partial charge >= 0.3 is 0 Å². The van der Waals surface area contributed by atoms with E-state index in [-0.39, 0.29) is 0 Å². The Morgan fingerprint density at radius 3 is 1.50 bits per heavy atom. The highest BCUT2D eigenvalue weighted by atomic mass is 16.5. The summed E-state index contributed by atoms with van der Waals surface area (Å²) >= 11 is 0. The van der Waals surface area contributed by atoms with Gasteiger partial charge in [-0.3, -0.25) is 9.59 Å². The number of hydrogen-bond acceptors (Lipinski definition) is 6. The molecule has 2 aromatic carbocycles. The van der Waals surface area contributed by atoms with Crippen LogP contribution in [0.15, 0.2) is 36.4 Å². The van der Waals surface area contributed by atoms with Crippen LogP contribution in [-0.2, 0) is 0 Å². The van der Waals surface area contributed by atoms with Crippen LogP contribution in [-0.4, -0.2) is 41.0 Å². The lowest BCUT2D eigenvalue weighted by Crippen LogP contribution is -1.96. The molecule has 0 N–H and O–H groups in total. The van der Waals surface area contributed by atoms with Crippen molar-refractivity contribution in [3.8, 4) is 23.0 Å². The van der Waals surface area contributed by atoms with Crippen LogP contribution in [0.1, 0.15) is 20.7 Å². The highest BCUT2D eigenvalue weighted by Crippen LogP contribution is 2.37. The summed E-state index contributed by atoms with van der Waals surface area (Å²) in [4.78, 5) is 20.8. The number of aldehydes is 2. The van der Waals surface area contributed by atoms with Crippen LogP contribution in [0.5, 0.6) is 23.0 Å². The molecule has 0 aliphatic heterocycles. The predicted octanol–water partition coefficient (Wildman–Crippen LogP) is 3.03. The van der Waals surface area contributed by atoms with Crippen molar-refractivity contribution < 1.29 is 28.5 Å². The van der Waals surface area contributed by atoms with Crippen LogP contribution in [0.2, 0.25) is 0 Å². The van der Waals surface area contributed by atoms with Crippen molar-refractivity contribution in [2.45, 2.75) is 0 Å². The summed E-state index contributed by atoms with van der Waals surface area (Å²) in [7, 11) is 6.12. The molecule has 128 valence electrons. The lowest BCUT2D eigenvalue weighted by Gasteiger charge is -2.11. The van der Waals surface area contributed by atoms with Crippen molar-refractivity contribution >= 4 is 12.6 Å². The molecule has 0 bridgehead atoms. The van der Waals surface area contributed by atoms with Crippen molar-refractivity contribution in [1.29, 1.82) is 0 Å². The fraction of sp³-hybridized carbons (Fsp3) is 0.222. The molecule has 6 nitrogen and oxygen atoms in total. The molecule has 0 aliphatic carbocycles. The van der Waals surface area contributed by atoms with Gasteiger partial charge in [0.2, 0.25) is 5.75 Å². The van der Waals surface area contributed by atoms with Crippen molar-refractivity contribution in [3.05, 3.63) is 47.5 Å². The van der Waals surface area contributed by atoms with Gasteiger partial charge in [-0.1, -0.05) is 0 Å². The van der Waals surface area contributed by atoms with E-state index in [1.807, 2.05) is 0 Å². The number of hydrogen-bond donors (Lipinski definition) is 0. The zero-order valence-electron chi connectivity index (χ0n) is 14.1. The maximum absolute atomic E-state index is 10.6. The van der Waals surface area contributed by atoms with Gasteiger partial charge in [0, 0.05) is 11.1 Å². The number of ether oxygens (including phenoxy) is 4. The van der Waals surface area contributed by atoms with E-state index in [1.54, 1.807) is 43.5 Å². The molecule has 0 heterocycles. The minimum atomic E-state index is 0.481. The maximum atomic E-state index is 10.6. The first-order chi connectivity index (χ1) is 11.6. The molecule has 24 heavy (non-hydrogen) atoms. The van der Waals surface area contributed by atoms with Crippen LogP contribution >= 0.6 is 0 Å².